The molecule has 0 spiro atoms. The fraction of sp³-hybridized carbons (Fsp3) is 0.929. The van der Waals surface area contributed by atoms with E-state index in [-0.39, 0.29) is 5.41 Å². The molecule has 3 nitrogen and oxygen atoms in total. The van der Waals surface area contributed by atoms with Gasteiger partial charge in [0, 0.05) is 6.42 Å². The lowest BCUT2D eigenvalue weighted by atomic mass is 9.49. The third kappa shape index (κ3) is 3.10. The smallest absolute Gasteiger partial charge is 0.273 e. The normalized spacial score (nSPS) is 39.0. The van der Waals surface area contributed by atoms with E-state index < -0.39 is 18.7 Å². The Bertz CT molecular complexity index is 359. The number of halogens is 3. The first kappa shape index (κ1) is 14.2. The Morgan fingerprint density at radius 2 is 1.60 bits per heavy atom. The molecule has 4 bridgehead atoms. The second kappa shape index (κ2) is 4.90. The fourth-order valence-electron chi connectivity index (χ4n) is 5.08. The van der Waals surface area contributed by atoms with Gasteiger partial charge in [-0.2, -0.15) is 13.2 Å². The van der Waals surface area contributed by atoms with E-state index in [9.17, 15) is 18.0 Å². The van der Waals surface area contributed by atoms with Gasteiger partial charge in [-0.3, -0.25) is 9.63 Å². The molecule has 0 aromatic heterocycles. The summed E-state index contributed by atoms with van der Waals surface area (Å²) in [6, 6.07) is 0. The van der Waals surface area contributed by atoms with Gasteiger partial charge in [0.25, 0.3) is 0 Å². The van der Waals surface area contributed by atoms with Crippen LogP contribution in [-0.2, 0) is 9.63 Å². The van der Waals surface area contributed by atoms with Gasteiger partial charge in [0.1, 0.15) is 0 Å². The second-order valence-electron chi connectivity index (χ2n) is 7.02. The van der Waals surface area contributed by atoms with Crippen molar-refractivity contribution >= 4 is 5.91 Å². The summed E-state index contributed by atoms with van der Waals surface area (Å²) in [4.78, 5) is 16.1. The zero-order valence-corrected chi connectivity index (χ0v) is 11.3. The summed E-state index contributed by atoms with van der Waals surface area (Å²) in [7, 11) is 0. The molecule has 114 valence electrons. The van der Waals surface area contributed by atoms with Crippen molar-refractivity contribution in [1.29, 1.82) is 0 Å². The molecule has 6 heteroatoms. The van der Waals surface area contributed by atoms with Crippen LogP contribution in [0.5, 0.6) is 0 Å². The largest absolute Gasteiger partial charge is 0.414 e. The molecule has 20 heavy (non-hydrogen) atoms. The number of hydroxylamine groups is 1. The van der Waals surface area contributed by atoms with Crippen molar-refractivity contribution < 1.29 is 22.8 Å². The lowest BCUT2D eigenvalue weighted by Gasteiger charge is -2.56. The van der Waals surface area contributed by atoms with E-state index in [0.29, 0.717) is 6.42 Å². The van der Waals surface area contributed by atoms with E-state index in [2.05, 4.69) is 4.84 Å². The van der Waals surface area contributed by atoms with Crippen molar-refractivity contribution in [3.05, 3.63) is 0 Å². The number of carbonyl (C=O) groups excluding carboxylic acids is 1. The zero-order valence-electron chi connectivity index (χ0n) is 11.3. The molecule has 1 N–H and O–H groups in total. The summed E-state index contributed by atoms with van der Waals surface area (Å²) in [6.07, 6.45) is 2.94. The average Bonchev–Trinajstić information content (AvgIpc) is 2.23. The SMILES string of the molecule is O=C(CC12CC3CC(CC(C3)C1)C2)NOCC(F)(F)F. The van der Waals surface area contributed by atoms with Gasteiger partial charge in [0.05, 0.1) is 0 Å². The van der Waals surface area contributed by atoms with Gasteiger partial charge in [0.2, 0.25) is 5.91 Å². The maximum Gasteiger partial charge on any atom is 0.414 e. The number of carbonyl (C=O) groups is 1. The number of amides is 1. The van der Waals surface area contributed by atoms with E-state index in [1.54, 1.807) is 0 Å². The Kier molecular flexibility index (Phi) is 3.47. The molecule has 4 aliphatic rings. The van der Waals surface area contributed by atoms with E-state index in [4.69, 9.17) is 0 Å². The minimum atomic E-state index is -4.41. The maximum atomic E-state index is 11.9. The van der Waals surface area contributed by atoms with Crippen LogP contribution < -0.4 is 5.48 Å². The van der Waals surface area contributed by atoms with Gasteiger partial charge < -0.3 is 0 Å². The summed E-state index contributed by atoms with van der Waals surface area (Å²) < 4.78 is 35.8. The quantitative estimate of drug-likeness (QED) is 0.808. The van der Waals surface area contributed by atoms with Crippen molar-refractivity contribution in [1.82, 2.24) is 5.48 Å². The molecule has 0 heterocycles. The molecule has 0 unspecified atom stereocenters. The molecule has 0 saturated heterocycles. The fourth-order valence-corrected chi connectivity index (χ4v) is 5.08. The van der Waals surface area contributed by atoms with Crippen LogP contribution in [0.15, 0.2) is 0 Å². The third-order valence-corrected chi connectivity index (χ3v) is 5.12. The highest BCUT2D eigenvalue weighted by Crippen LogP contribution is 2.61. The van der Waals surface area contributed by atoms with E-state index in [1.807, 2.05) is 5.48 Å². The standard InChI is InChI=1S/C14H20F3NO2/c15-14(16,17)8-20-18-12(19)7-13-4-9-1-10(5-13)3-11(2-9)6-13/h9-11H,1-8H2,(H,18,19). The Balaban J connectivity index is 1.51. The lowest BCUT2D eigenvalue weighted by Crippen LogP contribution is -2.48. The van der Waals surface area contributed by atoms with Crippen LogP contribution in [0.2, 0.25) is 0 Å². The molecule has 0 aliphatic heterocycles. The van der Waals surface area contributed by atoms with Crippen molar-refractivity contribution in [3.8, 4) is 0 Å². The van der Waals surface area contributed by atoms with Crippen LogP contribution in [-0.4, -0.2) is 18.7 Å². The monoisotopic (exact) mass is 291 g/mol. The summed E-state index contributed by atoms with van der Waals surface area (Å²) in [5, 5.41) is 0. The van der Waals surface area contributed by atoms with Crippen LogP contribution in [0, 0.1) is 23.2 Å². The molecule has 0 aromatic carbocycles. The topological polar surface area (TPSA) is 38.3 Å². The van der Waals surface area contributed by atoms with Crippen LogP contribution in [0.3, 0.4) is 0 Å². The number of alkyl halides is 3. The number of nitrogens with one attached hydrogen (secondary N) is 1. The van der Waals surface area contributed by atoms with Crippen LogP contribution in [0.1, 0.15) is 44.9 Å². The molecule has 0 radical (unpaired) electrons. The van der Waals surface area contributed by atoms with Gasteiger partial charge in [-0.05, 0) is 61.7 Å². The minimum absolute atomic E-state index is 0.0282. The molecule has 0 atom stereocenters. The summed E-state index contributed by atoms with van der Waals surface area (Å²) >= 11 is 0. The molecule has 1 amide bonds. The van der Waals surface area contributed by atoms with Gasteiger partial charge >= 0.3 is 6.18 Å². The zero-order chi connectivity index (χ0) is 14.4. The minimum Gasteiger partial charge on any atom is -0.273 e. The van der Waals surface area contributed by atoms with Crippen molar-refractivity contribution in [2.45, 2.75) is 51.1 Å². The molecule has 4 rings (SSSR count). The van der Waals surface area contributed by atoms with Crippen LogP contribution >= 0.6 is 0 Å². The van der Waals surface area contributed by atoms with E-state index in [0.717, 1.165) is 37.0 Å². The molecule has 0 aromatic rings. The first-order chi connectivity index (χ1) is 9.34. The van der Waals surface area contributed by atoms with E-state index in [1.165, 1.54) is 19.3 Å². The Morgan fingerprint density at radius 3 is 2.05 bits per heavy atom. The predicted molar refractivity (Wildman–Crippen MR) is 65.4 cm³/mol. The molecule has 4 aliphatic carbocycles. The van der Waals surface area contributed by atoms with Gasteiger partial charge in [-0.25, -0.2) is 5.48 Å². The molecular weight excluding hydrogens is 271 g/mol. The average molecular weight is 291 g/mol. The predicted octanol–water partition coefficient (Wildman–Crippen LogP) is 3.20. The van der Waals surface area contributed by atoms with Crippen LogP contribution in [0.25, 0.3) is 0 Å². The first-order valence-electron chi connectivity index (χ1n) is 7.31. The van der Waals surface area contributed by atoms with Gasteiger partial charge in [0.15, 0.2) is 6.61 Å². The number of hydrogen-bond acceptors (Lipinski definition) is 2. The Labute approximate surface area is 116 Å². The number of hydrogen-bond donors (Lipinski definition) is 1. The molecule has 4 fully saturated rings. The summed E-state index contributed by atoms with van der Waals surface area (Å²) in [5.41, 5.74) is 1.98. The van der Waals surface area contributed by atoms with Crippen molar-refractivity contribution in [3.63, 3.8) is 0 Å². The highest BCUT2D eigenvalue weighted by molar-refractivity contribution is 5.75. The van der Waals surface area contributed by atoms with Crippen molar-refractivity contribution in [2.24, 2.45) is 23.2 Å². The van der Waals surface area contributed by atoms with E-state index >= 15 is 0 Å². The van der Waals surface area contributed by atoms with Gasteiger partial charge in [-0.15, -0.1) is 0 Å². The van der Waals surface area contributed by atoms with Crippen molar-refractivity contribution in [2.75, 3.05) is 6.61 Å². The summed E-state index contributed by atoms with van der Waals surface area (Å²) in [6.45, 7) is -1.43. The summed E-state index contributed by atoms with van der Waals surface area (Å²) in [5.74, 6) is 1.77. The highest BCUT2D eigenvalue weighted by Gasteiger charge is 2.51. The Hall–Kier alpha value is -0.780. The first-order valence-corrected chi connectivity index (χ1v) is 7.31. The molecular formula is C14H20F3NO2. The van der Waals surface area contributed by atoms with Gasteiger partial charge in [-0.1, -0.05) is 0 Å². The van der Waals surface area contributed by atoms with Crippen LogP contribution in [0.4, 0.5) is 13.2 Å². The second-order valence-corrected chi connectivity index (χ2v) is 7.02. The number of rotatable bonds is 4. The highest BCUT2D eigenvalue weighted by atomic mass is 19.4. The lowest BCUT2D eigenvalue weighted by molar-refractivity contribution is -0.193. The maximum absolute atomic E-state index is 11.9. The third-order valence-electron chi connectivity index (χ3n) is 5.12. The molecule has 4 saturated carbocycles. The Morgan fingerprint density at radius 1 is 1.10 bits per heavy atom.